The number of thiophene rings is 1. The van der Waals surface area contributed by atoms with Crippen LogP contribution >= 0.6 is 11.3 Å². The minimum Gasteiger partial charge on any atom is -0.466 e. The van der Waals surface area contributed by atoms with E-state index in [9.17, 15) is 14.4 Å². The first-order valence-corrected chi connectivity index (χ1v) is 13.5. The van der Waals surface area contributed by atoms with Crippen molar-refractivity contribution in [3.05, 3.63) is 71.3 Å². The average Bonchev–Trinajstić information content (AvgIpc) is 3.53. The van der Waals surface area contributed by atoms with Crippen LogP contribution in [0.15, 0.2) is 64.6 Å². The molecule has 2 aromatic heterocycles. The monoisotopic (exact) mass is 518 g/mol. The van der Waals surface area contributed by atoms with E-state index in [1.54, 1.807) is 23.0 Å². The number of furan rings is 1. The zero-order valence-corrected chi connectivity index (χ0v) is 21.9. The summed E-state index contributed by atoms with van der Waals surface area (Å²) in [5.74, 6) is -0.513. The van der Waals surface area contributed by atoms with E-state index >= 15 is 0 Å². The maximum atomic E-state index is 14.0. The highest BCUT2D eigenvalue weighted by atomic mass is 32.1. The molecule has 0 radical (unpaired) electrons. The van der Waals surface area contributed by atoms with Gasteiger partial charge in [-0.1, -0.05) is 30.3 Å². The molecule has 2 amide bonds. The van der Waals surface area contributed by atoms with Gasteiger partial charge in [0.25, 0.3) is 5.91 Å². The number of benzene rings is 2. The van der Waals surface area contributed by atoms with Crippen molar-refractivity contribution in [1.82, 2.24) is 9.80 Å². The molecule has 1 saturated heterocycles. The molecule has 37 heavy (non-hydrogen) atoms. The Morgan fingerprint density at radius 1 is 1.16 bits per heavy atom. The molecule has 0 bridgehead atoms. The standard InChI is InChI=1S/C29H30N2O5S/c1-3-35-26(32)9-6-14-30(18-20-10-11-21-12-16-36-24(21)17-20)28(34)29(2)13-15-31(29)27(33)23-19-37-25-8-5-4-7-22(23)25/h4-5,7-8,10-12,16-17,19H,3,6,9,13-15,18H2,1-2H3. The topological polar surface area (TPSA) is 80.1 Å². The highest BCUT2D eigenvalue weighted by Crippen LogP contribution is 2.37. The number of hydrogen-bond donors (Lipinski definition) is 0. The van der Waals surface area contributed by atoms with E-state index < -0.39 is 5.54 Å². The molecular formula is C29H30N2O5S. The van der Waals surface area contributed by atoms with Crippen LogP contribution in [0.2, 0.25) is 0 Å². The van der Waals surface area contributed by atoms with Crippen molar-refractivity contribution in [3.63, 3.8) is 0 Å². The summed E-state index contributed by atoms with van der Waals surface area (Å²) in [6.45, 7) is 5.22. The van der Waals surface area contributed by atoms with Crippen LogP contribution < -0.4 is 0 Å². The van der Waals surface area contributed by atoms with Crippen LogP contribution in [-0.2, 0) is 20.9 Å². The second-order valence-electron chi connectivity index (χ2n) is 9.55. The highest BCUT2D eigenvalue weighted by molar-refractivity contribution is 7.17. The predicted octanol–water partition coefficient (Wildman–Crippen LogP) is 5.62. The fourth-order valence-electron chi connectivity index (χ4n) is 4.95. The minimum absolute atomic E-state index is 0.116. The number of carbonyl (C=O) groups excluding carboxylic acids is 3. The zero-order valence-electron chi connectivity index (χ0n) is 21.1. The molecular weight excluding hydrogens is 488 g/mol. The fourth-order valence-corrected chi connectivity index (χ4v) is 5.89. The zero-order chi connectivity index (χ0) is 26.0. The van der Waals surface area contributed by atoms with Gasteiger partial charge in [0.1, 0.15) is 11.1 Å². The second-order valence-corrected chi connectivity index (χ2v) is 10.5. The highest BCUT2D eigenvalue weighted by Gasteiger charge is 2.51. The van der Waals surface area contributed by atoms with Crippen LogP contribution in [0.3, 0.4) is 0 Å². The van der Waals surface area contributed by atoms with Crippen molar-refractivity contribution in [2.75, 3.05) is 19.7 Å². The van der Waals surface area contributed by atoms with E-state index in [0.717, 1.165) is 26.6 Å². The van der Waals surface area contributed by atoms with Crippen LogP contribution in [0, 0.1) is 0 Å². The Morgan fingerprint density at radius 2 is 2.00 bits per heavy atom. The Labute approximate surface area is 219 Å². The van der Waals surface area contributed by atoms with Crippen LogP contribution in [0.5, 0.6) is 0 Å². The number of ether oxygens (including phenoxy) is 1. The Morgan fingerprint density at radius 3 is 2.78 bits per heavy atom. The third-order valence-corrected chi connectivity index (χ3v) is 8.09. The van der Waals surface area contributed by atoms with Gasteiger partial charge in [-0.25, -0.2) is 0 Å². The molecule has 5 rings (SSSR count). The number of nitrogens with zero attached hydrogens (tertiary/aromatic N) is 2. The van der Waals surface area contributed by atoms with E-state index in [1.807, 2.05) is 60.8 Å². The van der Waals surface area contributed by atoms with E-state index in [1.165, 1.54) is 11.3 Å². The van der Waals surface area contributed by atoms with Gasteiger partial charge < -0.3 is 19.0 Å². The van der Waals surface area contributed by atoms with Crippen molar-refractivity contribution in [3.8, 4) is 0 Å². The summed E-state index contributed by atoms with van der Waals surface area (Å²) in [4.78, 5) is 43.0. The molecule has 192 valence electrons. The van der Waals surface area contributed by atoms with E-state index in [2.05, 4.69) is 0 Å². The summed E-state index contributed by atoms with van der Waals surface area (Å²) in [5, 5.41) is 3.79. The molecule has 1 atom stereocenters. The van der Waals surface area contributed by atoms with Crippen LogP contribution in [0.4, 0.5) is 0 Å². The summed E-state index contributed by atoms with van der Waals surface area (Å²) in [6.07, 6.45) is 2.94. The number of fused-ring (bicyclic) bond motifs is 2. The smallest absolute Gasteiger partial charge is 0.305 e. The third-order valence-electron chi connectivity index (χ3n) is 7.13. The predicted molar refractivity (Wildman–Crippen MR) is 143 cm³/mol. The van der Waals surface area contributed by atoms with E-state index in [0.29, 0.717) is 44.6 Å². The number of esters is 1. The number of carbonyl (C=O) groups is 3. The van der Waals surface area contributed by atoms with Gasteiger partial charge in [-0.15, -0.1) is 11.3 Å². The van der Waals surface area contributed by atoms with Crippen molar-refractivity contribution >= 4 is 50.2 Å². The maximum Gasteiger partial charge on any atom is 0.305 e. The largest absolute Gasteiger partial charge is 0.466 e. The molecule has 0 aliphatic carbocycles. The number of hydrogen-bond acceptors (Lipinski definition) is 6. The molecule has 3 heterocycles. The summed E-state index contributed by atoms with van der Waals surface area (Å²) in [6, 6.07) is 15.6. The minimum atomic E-state index is -0.946. The molecule has 0 spiro atoms. The second kappa shape index (κ2) is 10.4. The fraction of sp³-hybridized carbons (Fsp3) is 0.345. The molecule has 0 saturated carbocycles. The SMILES string of the molecule is CCOC(=O)CCCN(Cc1ccc2ccoc2c1)C(=O)C1(C)CCN1C(=O)c1csc2ccccc12. The van der Waals surface area contributed by atoms with Crippen molar-refractivity contribution < 1.29 is 23.5 Å². The van der Waals surface area contributed by atoms with Crippen molar-refractivity contribution in [1.29, 1.82) is 0 Å². The Kier molecular flexibility index (Phi) is 7.02. The molecule has 8 heteroatoms. The molecule has 1 aliphatic heterocycles. The Hall–Kier alpha value is -3.65. The van der Waals surface area contributed by atoms with Gasteiger partial charge in [-0.3, -0.25) is 14.4 Å². The molecule has 7 nitrogen and oxygen atoms in total. The lowest BCUT2D eigenvalue weighted by Crippen LogP contribution is -2.67. The van der Waals surface area contributed by atoms with Gasteiger partial charge in [-0.2, -0.15) is 0 Å². The lowest BCUT2D eigenvalue weighted by molar-refractivity contribution is -0.150. The first-order chi connectivity index (χ1) is 17.9. The molecule has 1 fully saturated rings. The Bertz CT molecular complexity index is 1460. The molecule has 0 N–H and O–H groups in total. The van der Waals surface area contributed by atoms with Gasteiger partial charge in [0, 0.05) is 46.9 Å². The summed E-state index contributed by atoms with van der Waals surface area (Å²) >= 11 is 1.53. The van der Waals surface area contributed by atoms with Gasteiger partial charge in [0.05, 0.1) is 18.4 Å². The maximum absolute atomic E-state index is 14.0. The molecule has 2 aromatic carbocycles. The van der Waals surface area contributed by atoms with Crippen LogP contribution in [0.1, 0.15) is 49.0 Å². The van der Waals surface area contributed by atoms with Gasteiger partial charge >= 0.3 is 5.97 Å². The van der Waals surface area contributed by atoms with Crippen LogP contribution in [-0.4, -0.2) is 52.8 Å². The Balaban J connectivity index is 1.37. The average molecular weight is 519 g/mol. The summed E-state index contributed by atoms with van der Waals surface area (Å²) in [7, 11) is 0. The van der Waals surface area contributed by atoms with Gasteiger partial charge in [-0.05, 0) is 50.5 Å². The lowest BCUT2D eigenvalue weighted by atomic mass is 9.84. The quantitative estimate of drug-likeness (QED) is 0.269. The molecule has 4 aromatic rings. The van der Waals surface area contributed by atoms with Gasteiger partial charge in [0.15, 0.2) is 0 Å². The first-order valence-electron chi connectivity index (χ1n) is 12.6. The summed E-state index contributed by atoms with van der Waals surface area (Å²) in [5.41, 5.74) is 1.37. The number of rotatable bonds is 9. The molecule has 1 aliphatic rings. The number of likely N-dealkylation sites (tertiary alicyclic amines) is 1. The normalized spacial score (nSPS) is 17.1. The van der Waals surface area contributed by atoms with E-state index in [4.69, 9.17) is 9.15 Å². The van der Waals surface area contributed by atoms with Gasteiger partial charge in [0.2, 0.25) is 5.91 Å². The summed E-state index contributed by atoms with van der Waals surface area (Å²) < 4.78 is 11.7. The van der Waals surface area contributed by atoms with Crippen LogP contribution in [0.25, 0.3) is 21.1 Å². The van der Waals surface area contributed by atoms with Crippen molar-refractivity contribution in [2.24, 2.45) is 0 Å². The number of amides is 2. The third kappa shape index (κ3) is 4.85. The van der Waals surface area contributed by atoms with E-state index in [-0.39, 0.29) is 24.2 Å². The lowest BCUT2D eigenvalue weighted by Gasteiger charge is -2.51. The first kappa shape index (κ1) is 25.0. The van der Waals surface area contributed by atoms with Crippen molar-refractivity contribution in [2.45, 2.75) is 45.2 Å². The molecule has 1 unspecified atom stereocenters.